The maximum Gasteiger partial charge on any atom is 0.494 e. The Balaban J connectivity index is 0.00000144. The van der Waals surface area contributed by atoms with Gasteiger partial charge in [-0.15, -0.1) is 12.4 Å². The van der Waals surface area contributed by atoms with E-state index >= 15 is 0 Å². The fraction of sp³-hybridized carbons (Fsp3) is 0.562. The summed E-state index contributed by atoms with van der Waals surface area (Å²) in [6.07, 6.45) is 2.52. The summed E-state index contributed by atoms with van der Waals surface area (Å²) in [6.45, 7) is 8.33. The van der Waals surface area contributed by atoms with E-state index in [1.54, 1.807) is 0 Å². The lowest BCUT2D eigenvalue weighted by atomic mass is 9.78. The van der Waals surface area contributed by atoms with Gasteiger partial charge < -0.3 is 9.31 Å². The minimum atomic E-state index is -0.304. The second kappa shape index (κ2) is 4.98. The van der Waals surface area contributed by atoms with Crippen molar-refractivity contribution in [3.8, 4) is 0 Å². The van der Waals surface area contributed by atoms with Crippen molar-refractivity contribution in [2.24, 2.45) is 0 Å². The molecule has 1 N–H and O–H groups in total. The SMILES string of the molecule is CC1(C)OB(c2ccc3n[nH]c(C4CC4)c3c2)OC1(C)C.Cl. The molecule has 2 heterocycles. The van der Waals surface area contributed by atoms with Gasteiger partial charge in [-0.2, -0.15) is 5.10 Å². The highest BCUT2D eigenvalue weighted by Gasteiger charge is 2.51. The lowest BCUT2D eigenvalue weighted by Crippen LogP contribution is -2.41. The van der Waals surface area contributed by atoms with E-state index in [1.165, 1.54) is 23.9 Å². The number of nitrogens with one attached hydrogen (secondary N) is 1. The van der Waals surface area contributed by atoms with Crippen molar-refractivity contribution in [2.45, 2.75) is 57.7 Å². The third-order valence-electron chi connectivity index (χ3n) is 5.12. The van der Waals surface area contributed by atoms with Crippen LogP contribution in [0.2, 0.25) is 0 Å². The monoisotopic (exact) mass is 320 g/mol. The Morgan fingerprint density at radius 2 is 1.77 bits per heavy atom. The van der Waals surface area contributed by atoms with Gasteiger partial charge in [0.25, 0.3) is 0 Å². The molecule has 0 unspecified atom stereocenters. The Labute approximate surface area is 137 Å². The molecule has 4 nitrogen and oxygen atoms in total. The number of hydrogen-bond donors (Lipinski definition) is 1. The molecule has 1 saturated heterocycles. The van der Waals surface area contributed by atoms with Crippen LogP contribution >= 0.6 is 12.4 Å². The number of H-pyrrole nitrogens is 1. The van der Waals surface area contributed by atoms with E-state index in [4.69, 9.17) is 9.31 Å². The van der Waals surface area contributed by atoms with E-state index in [0.717, 1.165) is 11.0 Å². The fourth-order valence-electron chi connectivity index (χ4n) is 2.86. The van der Waals surface area contributed by atoms with Gasteiger partial charge >= 0.3 is 7.12 Å². The van der Waals surface area contributed by atoms with Crippen LogP contribution in [0.5, 0.6) is 0 Å². The van der Waals surface area contributed by atoms with Crippen molar-refractivity contribution in [3.63, 3.8) is 0 Å². The maximum atomic E-state index is 6.14. The predicted molar refractivity (Wildman–Crippen MR) is 91.0 cm³/mol. The molecular weight excluding hydrogens is 298 g/mol. The summed E-state index contributed by atoms with van der Waals surface area (Å²) >= 11 is 0. The molecule has 2 fully saturated rings. The summed E-state index contributed by atoms with van der Waals surface area (Å²) in [5.41, 5.74) is 2.76. The molecule has 0 bridgehead atoms. The van der Waals surface area contributed by atoms with Crippen LogP contribution in [0.3, 0.4) is 0 Å². The minimum Gasteiger partial charge on any atom is -0.399 e. The smallest absolute Gasteiger partial charge is 0.399 e. The molecule has 2 aromatic rings. The van der Waals surface area contributed by atoms with E-state index < -0.39 is 0 Å². The van der Waals surface area contributed by atoms with Gasteiger partial charge in [0.2, 0.25) is 0 Å². The van der Waals surface area contributed by atoms with Crippen LogP contribution in [0, 0.1) is 0 Å². The van der Waals surface area contributed by atoms with Crippen LogP contribution < -0.4 is 5.46 Å². The van der Waals surface area contributed by atoms with E-state index in [-0.39, 0.29) is 30.7 Å². The van der Waals surface area contributed by atoms with Crippen LogP contribution in [0.25, 0.3) is 10.9 Å². The van der Waals surface area contributed by atoms with Crippen molar-refractivity contribution in [1.29, 1.82) is 0 Å². The average Bonchev–Trinajstić information content (AvgIpc) is 3.11. The summed E-state index contributed by atoms with van der Waals surface area (Å²) in [5, 5.41) is 8.81. The number of rotatable bonds is 2. The first-order valence-corrected chi connectivity index (χ1v) is 7.71. The maximum absolute atomic E-state index is 6.14. The van der Waals surface area contributed by atoms with Crippen LogP contribution in [-0.2, 0) is 9.31 Å². The third kappa shape index (κ3) is 2.36. The molecule has 1 aromatic heterocycles. The highest BCUT2D eigenvalue weighted by molar-refractivity contribution is 6.62. The van der Waals surface area contributed by atoms with Crippen molar-refractivity contribution in [3.05, 3.63) is 23.9 Å². The zero-order chi connectivity index (χ0) is 14.8. The van der Waals surface area contributed by atoms with Gasteiger partial charge in [0, 0.05) is 17.0 Å². The number of nitrogens with zero attached hydrogens (tertiary/aromatic N) is 1. The third-order valence-corrected chi connectivity index (χ3v) is 5.12. The second-order valence-electron chi connectivity index (χ2n) is 7.28. The Morgan fingerprint density at radius 3 is 2.36 bits per heavy atom. The largest absolute Gasteiger partial charge is 0.494 e. The molecule has 0 amide bonds. The van der Waals surface area contributed by atoms with Crippen molar-refractivity contribution < 1.29 is 9.31 Å². The van der Waals surface area contributed by atoms with Gasteiger partial charge in [-0.1, -0.05) is 12.1 Å². The lowest BCUT2D eigenvalue weighted by Gasteiger charge is -2.32. The molecular formula is C16H22BClN2O2. The van der Waals surface area contributed by atoms with Crippen molar-refractivity contribution in [1.82, 2.24) is 10.2 Å². The molecule has 1 saturated carbocycles. The minimum absolute atomic E-state index is 0. The summed E-state index contributed by atoms with van der Waals surface area (Å²) < 4.78 is 12.3. The van der Waals surface area contributed by atoms with Crippen LogP contribution in [-0.4, -0.2) is 28.5 Å². The highest BCUT2D eigenvalue weighted by atomic mass is 35.5. The number of aromatic nitrogens is 2. The highest BCUT2D eigenvalue weighted by Crippen LogP contribution is 2.42. The topological polar surface area (TPSA) is 47.1 Å². The van der Waals surface area contributed by atoms with Gasteiger partial charge in [0.05, 0.1) is 16.7 Å². The molecule has 2 aliphatic rings. The number of halogens is 1. The summed E-state index contributed by atoms with van der Waals surface area (Å²) in [6, 6.07) is 6.29. The molecule has 1 aromatic carbocycles. The van der Waals surface area contributed by atoms with Gasteiger partial charge in [0.1, 0.15) is 0 Å². The molecule has 0 spiro atoms. The molecule has 0 atom stereocenters. The van der Waals surface area contributed by atoms with E-state index in [9.17, 15) is 0 Å². The van der Waals surface area contributed by atoms with Gasteiger partial charge in [-0.05, 0) is 52.1 Å². The zero-order valence-corrected chi connectivity index (χ0v) is 14.3. The first-order valence-electron chi connectivity index (χ1n) is 7.71. The second-order valence-corrected chi connectivity index (χ2v) is 7.28. The number of benzene rings is 1. The molecule has 4 rings (SSSR count). The zero-order valence-electron chi connectivity index (χ0n) is 13.5. The standard InChI is InChI=1S/C16H21BN2O2.ClH/c1-15(2)16(3,4)21-17(20-15)11-7-8-13-12(9-11)14(19-18-13)10-5-6-10;/h7-10H,5-6H2,1-4H3,(H,18,19);1H. The summed E-state index contributed by atoms with van der Waals surface area (Å²) in [7, 11) is -0.304. The normalized spacial score (nSPS) is 22.8. The lowest BCUT2D eigenvalue weighted by molar-refractivity contribution is 0.00578. The molecule has 6 heteroatoms. The van der Waals surface area contributed by atoms with E-state index in [1.807, 2.05) is 0 Å². The van der Waals surface area contributed by atoms with Gasteiger partial charge in [-0.25, -0.2) is 0 Å². The number of aromatic amines is 1. The Hall–Kier alpha value is -1.04. The number of hydrogen-bond acceptors (Lipinski definition) is 3. The average molecular weight is 321 g/mol. The first-order chi connectivity index (χ1) is 9.87. The van der Waals surface area contributed by atoms with Gasteiger partial charge in [0.15, 0.2) is 0 Å². The number of fused-ring (bicyclic) bond motifs is 1. The van der Waals surface area contributed by atoms with Gasteiger partial charge in [-0.3, -0.25) is 5.10 Å². The van der Waals surface area contributed by atoms with Crippen molar-refractivity contribution in [2.75, 3.05) is 0 Å². The van der Waals surface area contributed by atoms with Crippen LogP contribution in [0.15, 0.2) is 18.2 Å². The summed E-state index contributed by atoms with van der Waals surface area (Å²) in [5.74, 6) is 0.656. The molecule has 118 valence electrons. The Kier molecular flexibility index (Phi) is 3.59. The molecule has 1 aliphatic heterocycles. The fourth-order valence-corrected chi connectivity index (χ4v) is 2.86. The first kappa shape index (κ1) is 15.8. The molecule has 22 heavy (non-hydrogen) atoms. The predicted octanol–water partition coefficient (Wildman–Crippen LogP) is 3.16. The van der Waals surface area contributed by atoms with Crippen LogP contribution in [0.4, 0.5) is 0 Å². The Morgan fingerprint density at radius 1 is 1.14 bits per heavy atom. The van der Waals surface area contributed by atoms with E-state index in [2.05, 4.69) is 56.1 Å². The quantitative estimate of drug-likeness (QED) is 0.865. The van der Waals surface area contributed by atoms with Crippen LogP contribution in [0.1, 0.15) is 52.1 Å². The molecule has 1 aliphatic carbocycles. The molecule has 0 radical (unpaired) electrons. The van der Waals surface area contributed by atoms with E-state index in [0.29, 0.717) is 5.92 Å². The summed E-state index contributed by atoms with van der Waals surface area (Å²) in [4.78, 5) is 0. The Bertz CT molecular complexity index is 693. The van der Waals surface area contributed by atoms with Crippen molar-refractivity contribution >= 4 is 35.9 Å².